The van der Waals surface area contributed by atoms with Gasteiger partial charge in [-0.1, -0.05) is 38.5 Å². The van der Waals surface area contributed by atoms with Gasteiger partial charge in [-0.05, 0) is 17.5 Å². The lowest BCUT2D eigenvalue weighted by molar-refractivity contribution is -0.121. The van der Waals surface area contributed by atoms with Crippen molar-refractivity contribution in [2.75, 3.05) is 18.5 Å². The van der Waals surface area contributed by atoms with E-state index in [-0.39, 0.29) is 31.0 Å². The molecular weight excluding hydrogens is 282 g/mol. The highest BCUT2D eigenvalue weighted by atomic mass is 16.3. The Morgan fingerprint density at radius 3 is 2.91 bits per heavy atom. The van der Waals surface area contributed by atoms with Crippen LogP contribution < -0.4 is 10.6 Å². The Balaban J connectivity index is 2.34. The number of nitrogens with zero attached hydrogens (tertiary/aromatic N) is 1. The van der Waals surface area contributed by atoms with Gasteiger partial charge in [-0.25, -0.2) is 4.79 Å². The molecule has 22 heavy (non-hydrogen) atoms. The number of fused-ring (bicyclic) bond motifs is 1. The summed E-state index contributed by atoms with van der Waals surface area (Å²) in [5, 5.41) is 14.5. The van der Waals surface area contributed by atoms with Crippen molar-refractivity contribution >= 4 is 17.6 Å². The zero-order chi connectivity index (χ0) is 16.1. The monoisotopic (exact) mass is 305 g/mol. The average molecular weight is 305 g/mol. The fourth-order valence-electron chi connectivity index (χ4n) is 2.66. The van der Waals surface area contributed by atoms with E-state index in [1.54, 1.807) is 4.90 Å². The molecule has 3 amide bonds. The van der Waals surface area contributed by atoms with Crippen LogP contribution in [0.4, 0.5) is 10.5 Å². The molecule has 0 aliphatic carbocycles. The number of amides is 3. The first kappa shape index (κ1) is 16.3. The largest absolute Gasteiger partial charge is 0.395 e. The molecule has 1 aliphatic heterocycles. The molecular formula is C16H23N3O3. The van der Waals surface area contributed by atoms with Gasteiger partial charge < -0.3 is 20.6 Å². The number of rotatable bonds is 4. The summed E-state index contributed by atoms with van der Waals surface area (Å²) in [4.78, 5) is 26.6. The van der Waals surface area contributed by atoms with E-state index in [1.807, 2.05) is 38.1 Å². The zero-order valence-corrected chi connectivity index (χ0v) is 13.0. The number of hydrogen-bond acceptors (Lipinski definition) is 3. The van der Waals surface area contributed by atoms with Crippen LogP contribution in [0.25, 0.3) is 0 Å². The molecule has 2 atom stereocenters. The van der Waals surface area contributed by atoms with Gasteiger partial charge in [-0.3, -0.25) is 4.79 Å². The molecule has 0 saturated heterocycles. The first-order valence-corrected chi connectivity index (χ1v) is 7.62. The lowest BCUT2D eigenvalue weighted by Crippen LogP contribution is -2.52. The van der Waals surface area contributed by atoms with Gasteiger partial charge >= 0.3 is 6.03 Å². The minimum atomic E-state index is -0.531. The minimum absolute atomic E-state index is 0.0363. The molecule has 1 aromatic carbocycles. The van der Waals surface area contributed by atoms with Gasteiger partial charge in [0.15, 0.2) is 0 Å². The lowest BCUT2D eigenvalue weighted by Gasteiger charge is -2.32. The smallest absolute Gasteiger partial charge is 0.318 e. The molecule has 0 unspecified atom stereocenters. The molecule has 0 aromatic heterocycles. The molecule has 0 saturated carbocycles. The van der Waals surface area contributed by atoms with E-state index in [4.69, 9.17) is 5.11 Å². The Morgan fingerprint density at radius 2 is 2.23 bits per heavy atom. The van der Waals surface area contributed by atoms with Crippen LogP contribution in [-0.4, -0.2) is 41.1 Å². The number of aliphatic hydroxyl groups is 1. The number of carbonyl (C=O) groups is 2. The normalized spacial score (nSPS) is 19.0. The van der Waals surface area contributed by atoms with Gasteiger partial charge in [-0.15, -0.1) is 0 Å². The number of benzene rings is 1. The maximum absolute atomic E-state index is 12.6. The van der Waals surface area contributed by atoms with Crippen LogP contribution >= 0.6 is 0 Å². The highest BCUT2D eigenvalue weighted by Crippen LogP contribution is 2.27. The maximum Gasteiger partial charge on any atom is 0.318 e. The van der Waals surface area contributed by atoms with Crippen molar-refractivity contribution in [3.8, 4) is 0 Å². The highest BCUT2D eigenvalue weighted by molar-refractivity contribution is 5.98. The van der Waals surface area contributed by atoms with Crippen LogP contribution in [0.3, 0.4) is 0 Å². The topological polar surface area (TPSA) is 81.7 Å². The molecule has 0 bridgehead atoms. The van der Waals surface area contributed by atoms with E-state index in [9.17, 15) is 9.59 Å². The second-order valence-electron chi connectivity index (χ2n) is 5.56. The average Bonchev–Trinajstić information content (AvgIpc) is 2.67. The Bertz CT molecular complexity index is 547. The van der Waals surface area contributed by atoms with Gasteiger partial charge in [0, 0.05) is 12.2 Å². The van der Waals surface area contributed by atoms with Crippen molar-refractivity contribution in [2.24, 2.45) is 5.92 Å². The van der Waals surface area contributed by atoms with Crippen LogP contribution in [0.5, 0.6) is 0 Å². The third kappa shape index (κ3) is 3.39. The summed E-state index contributed by atoms with van der Waals surface area (Å²) < 4.78 is 0. The number of urea groups is 1. The second kappa shape index (κ2) is 7.26. The quantitative estimate of drug-likeness (QED) is 0.789. The van der Waals surface area contributed by atoms with Crippen molar-refractivity contribution in [2.45, 2.75) is 32.9 Å². The highest BCUT2D eigenvalue weighted by Gasteiger charge is 2.36. The summed E-state index contributed by atoms with van der Waals surface area (Å²) in [6, 6.07) is 6.64. The number of aliphatic hydroxyl groups excluding tert-OH is 1. The van der Waals surface area contributed by atoms with Crippen LogP contribution in [-0.2, 0) is 11.3 Å². The number of carbonyl (C=O) groups excluding carboxylic acids is 2. The maximum atomic E-state index is 12.6. The minimum Gasteiger partial charge on any atom is -0.395 e. The number of hydrogen-bond donors (Lipinski definition) is 3. The molecule has 6 nitrogen and oxygen atoms in total. The molecule has 1 heterocycles. The van der Waals surface area contributed by atoms with Crippen molar-refractivity contribution < 1.29 is 14.7 Å². The van der Waals surface area contributed by atoms with Gasteiger partial charge in [0.2, 0.25) is 5.91 Å². The first-order valence-electron chi connectivity index (χ1n) is 7.62. The van der Waals surface area contributed by atoms with E-state index < -0.39 is 6.04 Å². The summed E-state index contributed by atoms with van der Waals surface area (Å²) in [5.74, 6) is -0.132. The molecule has 0 spiro atoms. The molecule has 0 fully saturated rings. The van der Waals surface area contributed by atoms with E-state index in [0.717, 1.165) is 17.7 Å². The third-order valence-electron chi connectivity index (χ3n) is 4.05. The summed E-state index contributed by atoms with van der Waals surface area (Å²) >= 11 is 0. The van der Waals surface area contributed by atoms with Crippen molar-refractivity contribution in [1.29, 1.82) is 0 Å². The molecule has 0 radical (unpaired) electrons. The van der Waals surface area contributed by atoms with E-state index in [1.165, 1.54) is 0 Å². The Morgan fingerprint density at radius 1 is 1.50 bits per heavy atom. The predicted octanol–water partition coefficient (Wildman–Crippen LogP) is 1.56. The standard InChI is InChI=1S/C16H23N3O3/c1-3-11(2)14-15(21)18-13-7-5-4-6-12(13)10-19(14)16(22)17-8-9-20/h4-7,11,14,20H,3,8-10H2,1-2H3,(H,17,22)(H,18,21)/t11-,14-/m0/s1. The Labute approximate surface area is 130 Å². The number of para-hydroxylation sites is 1. The molecule has 2 rings (SSSR count). The van der Waals surface area contributed by atoms with E-state index >= 15 is 0 Å². The molecule has 120 valence electrons. The summed E-state index contributed by atoms with van der Waals surface area (Å²) in [6.07, 6.45) is 0.790. The van der Waals surface area contributed by atoms with Crippen LogP contribution in [0.1, 0.15) is 25.8 Å². The second-order valence-corrected chi connectivity index (χ2v) is 5.56. The molecule has 6 heteroatoms. The van der Waals surface area contributed by atoms with E-state index in [2.05, 4.69) is 10.6 Å². The fraction of sp³-hybridized carbons (Fsp3) is 0.500. The predicted molar refractivity (Wildman–Crippen MR) is 84.3 cm³/mol. The van der Waals surface area contributed by atoms with E-state index in [0.29, 0.717) is 6.54 Å². The molecule has 1 aliphatic rings. The number of nitrogens with one attached hydrogen (secondary N) is 2. The molecule has 1 aromatic rings. The van der Waals surface area contributed by atoms with Crippen LogP contribution in [0.2, 0.25) is 0 Å². The number of anilines is 1. The lowest BCUT2D eigenvalue weighted by atomic mass is 9.97. The van der Waals surface area contributed by atoms with Gasteiger partial charge in [0.25, 0.3) is 0 Å². The van der Waals surface area contributed by atoms with Crippen molar-refractivity contribution in [1.82, 2.24) is 10.2 Å². The van der Waals surface area contributed by atoms with Crippen molar-refractivity contribution in [3.05, 3.63) is 29.8 Å². The third-order valence-corrected chi connectivity index (χ3v) is 4.05. The van der Waals surface area contributed by atoms with Crippen LogP contribution in [0.15, 0.2) is 24.3 Å². The van der Waals surface area contributed by atoms with Crippen LogP contribution in [0, 0.1) is 5.92 Å². The van der Waals surface area contributed by atoms with Gasteiger partial charge in [0.05, 0.1) is 13.2 Å². The Kier molecular flexibility index (Phi) is 5.38. The molecule has 3 N–H and O–H groups in total. The Hall–Kier alpha value is -2.08. The SMILES string of the molecule is CC[C@H](C)[C@H]1C(=O)Nc2ccccc2CN1C(=O)NCCO. The zero-order valence-electron chi connectivity index (χ0n) is 13.0. The summed E-state index contributed by atoms with van der Waals surface area (Å²) in [6.45, 7) is 4.37. The van der Waals surface area contributed by atoms with Gasteiger partial charge in [-0.2, -0.15) is 0 Å². The summed E-state index contributed by atoms with van der Waals surface area (Å²) in [5.41, 5.74) is 1.65. The van der Waals surface area contributed by atoms with Crippen molar-refractivity contribution in [3.63, 3.8) is 0 Å². The summed E-state index contributed by atoms with van der Waals surface area (Å²) in [7, 11) is 0. The fourth-order valence-corrected chi connectivity index (χ4v) is 2.66. The first-order chi connectivity index (χ1) is 10.6. The van der Waals surface area contributed by atoms with Gasteiger partial charge in [0.1, 0.15) is 6.04 Å².